The Hall–Kier alpha value is -1.72. The first-order valence-corrected chi connectivity index (χ1v) is 7.60. The van der Waals surface area contributed by atoms with Crippen LogP contribution in [0.5, 0.6) is 5.75 Å². The predicted molar refractivity (Wildman–Crippen MR) is 78.4 cm³/mol. The van der Waals surface area contributed by atoms with Crippen LogP contribution in [0, 0.1) is 0 Å². The van der Waals surface area contributed by atoms with Crippen LogP contribution < -0.4 is 10.5 Å². The Kier molecular flexibility index (Phi) is 3.80. The van der Waals surface area contributed by atoms with E-state index in [0.717, 1.165) is 23.6 Å². The minimum absolute atomic E-state index is 0.0641. The van der Waals surface area contributed by atoms with Gasteiger partial charge in [-0.2, -0.15) is 0 Å². The predicted octanol–water partition coefficient (Wildman–Crippen LogP) is 2.42. The highest BCUT2D eigenvalue weighted by atomic mass is 32.1. The van der Waals surface area contributed by atoms with Gasteiger partial charge in [0.15, 0.2) is 0 Å². The Balaban J connectivity index is 1.77. The maximum absolute atomic E-state index is 12.4. The fraction of sp³-hybridized carbons (Fsp3) is 0.333. The smallest absolute Gasteiger partial charge is 0.212 e. The van der Waals surface area contributed by atoms with Crippen LogP contribution in [0.3, 0.4) is 0 Å². The fourth-order valence-corrected chi connectivity index (χ4v) is 2.68. The van der Waals surface area contributed by atoms with E-state index >= 15 is 0 Å². The van der Waals surface area contributed by atoms with Crippen molar-refractivity contribution in [3.63, 3.8) is 0 Å². The van der Waals surface area contributed by atoms with Crippen LogP contribution in [-0.4, -0.2) is 23.4 Å². The molecule has 0 spiro atoms. The maximum Gasteiger partial charge on any atom is 0.212 e. The SMILES string of the molecule is NCCc1nc(C(=O)c2cccc(OC3CC3)c2)cs1. The van der Waals surface area contributed by atoms with Crippen LogP contribution in [-0.2, 0) is 6.42 Å². The van der Waals surface area contributed by atoms with Crippen LogP contribution >= 0.6 is 11.3 Å². The summed E-state index contributed by atoms with van der Waals surface area (Å²) in [6, 6.07) is 7.32. The summed E-state index contributed by atoms with van der Waals surface area (Å²) in [5.41, 5.74) is 6.60. The molecule has 0 radical (unpaired) electrons. The van der Waals surface area contributed by atoms with Crippen molar-refractivity contribution >= 4 is 17.1 Å². The van der Waals surface area contributed by atoms with E-state index in [4.69, 9.17) is 10.5 Å². The molecule has 0 aliphatic heterocycles. The molecule has 0 saturated heterocycles. The Labute approximate surface area is 121 Å². The van der Waals surface area contributed by atoms with Gasteiger partial charge in [-0.25, -0.2) is 4.98 Å². The van der Waals surface area contributed by atoms with Crippen molar-refractivity contribution in [3.05, 3.63) is 45.9 Å². The van der Waals surface area contributed by atoms with E-state index < -0.39 is 0 Å². The molecule has 1 aromatic carbocycles. The summed E-state index contributed by atoms with van der Waals surface area (Å²) >= 11 is 1.48. The topological polar surface area (TPSA) is 65.2 Å². The molecule has 1 aliphatic carbocycles. The third-order valence-corrected chi connectivity index (χ3v) is 3.97. The van der Waals surface area contributed by atoms with E-state index in [1.807, 2.05) is 12.1 Å². The average Bonchev–Trinajstić information content (AvgIpc) is 3.15. The monoisotopic (exact) mass is 288 g/mol. The van der Waals surface area contributed by atoms with Crippen molar-refractivity contribution in [2.24, 2.45) is 5.73 Å². The van der Waals surface area contributed by atoms with E-state index in [1.165, 1.54) is 11.3 Å². The number of rotatable bonds is 6. The Morgan fingerprint density at radius 3 is 3.05 bits per heavy atom. The van der Waals surface area contributed by atoms with Crippen LogP contribution in [0.2, 0.25) is 0 Å². The Morgan fingerprint density at radius 1 is 1.45 bits per heavy atom. The average molecular weight is 288 g/mol. The van der Waals surface area contributed by atoms with Crippen molar-refractivity contribution in [2.75, 3.05) is 6.54 Å². The first-order chi connectivity index (χ1) is 9.76. The zero-order valence-electron chi connectivity index (χ0n) is 11.0. The quantitative estimate of drug-likeness (QED) is 0.829. The van der Waals surface area contributed by atoms with Gasteiger partial charge in [0.2, 0.25) is 5.78 Å². The summed E-state index contributed by atoms with van der Waals surface area (Å²) in [4.78, 5) is 16.7. The van der Waals surface area contributed by atoms with Crippen molar-refractivity contribution in [1.29, 1.82) is 0 Å². The number of ketones is 1. The molecule has 4 nitrogen and oxygen atoms in total. The van der Waals surface area contributed by atoms with Gasteiger partial charge in [-0.05, 0) is 31.5 Å². The summed E-state index contributed by atoms with van der Waals surface area (Å²) in [5, 5.41) is 2.70. The molecular weight excluding hydrogens is 272 g/mol. The molecule has 1 saturated carbocycles. The van der Waals surface area contributed by atoms with Gasteiger partial charge in [-0.3, -0.25) is 4.79 Å². The van der Waals surface area contributed by atoms with E-state index in [9.17, 15) is 4.79 Å². The third kappa shape index (κ3) is 3.05. The van der Waals surface area contributed by atoms with Crippen molar-refractivity contribution in [1.82, 2.24) is 4.98 Å². The molecule has 1 aliphatic rings. The maximum atomic E-state index is 12.4. The number of carbonyl (C=O) groups excluding carboxylic acids is 1. The lowest BCUT2D eigenvalue weighted by Gasteiger charge is -2.05. The van der Waals surface area contributed by atoms with Crippen molar-refractivity contribution in [2.45, 2.75) is 25.4 Å². The van der Waals surface area contributed by atoms with Crippen LogP contribution in [0.1, 0.15) is 33.9 Å². The van der Waals surface area contributed by atoms with Gasteiger partial charge >= 0.3 is 0 Å². The Bertz CT molecular complexity index is 620. The van der Waals surface area contributed by atoms with Crippen LogP contribution in [0.25, 0.3) is 0 Å². The van der Waals surface area contributed by atoms with E-state index in [0.29, 0.717) is 30.3 Å². The molecule has 104 valence electrons. The highest BCUT2D eigenvalue weighted by Gasteiger charge is 2.24. The highest BCUT2D eigenvalue weighted by molar-refractivity contribution is 7.09. The van der Waals surface area contributed by atoms with Gasteiger partial charge in [-0.1, -0.05) is 12.1 Å². The lowest BCUT2D eigenvalue weighted by atomic mass is 10.1. The zero-order valence-corrected chi connectivity index (χ0v) is 11.9. The van der Waals surface area contributed by atoms with Gasteiger partial charge < -0.3 is 10.5 Å². The number of hydrogen-bond acceptors (Lipinski definition) is 5. The van der Waals surface area contributed by atoms with Crippen LogP contribution in [0.4, 0.5) is 0 Å². The minimum Gasteiger partial charge on any atom is -0.490 e. The number of benzene rings is 1. The minimum atomic E-state index is -0.0641. The molecule has 5 heteroatoms. The standard InChI is InChI=1S/C15H16N2O2S/c16-7-6-14-17-13(9-20-14)15(18)10-2-1-3-12(8-10)19-11-4-5-11/h1-3,8-9,11H,4-7,16H2. The lowest BCUT2D eigenvalue weighted by Crippen LogP contribution is -2.05. The van der Waals surface area contributed by atoms with E-state index in [1.54, 1.807) is 17.5 Å². The summed E-state index contributed by atoms with van der Waals surface area (Å²) in [6.07, 6.45) is 3.25. The first kappa shape index (κ1) is 13.3. The molecule has 0 atom stereocenters. The third-order valence-electron chi connectivity index (χ3n) is 3.07. The summed E-state index contributed by atoms with van der Waals surface area (Å²) in [7, 11) is 0. The second-order valence-corrected chi connectivity index (χ2v) is 5.78. The van der Waals surface area contributed by atoms with Gasteiger partial charge in [0, 0.05) is 17.4 Å². The van der Waals surface area contributed by atoms with Gasteiger partial charge in [0.25, 0.3) is 0 Å². The molecule has 2 aromatic rings. The van der Waals surface area contributed by atoms with Crippen molar-refractivity contribution in [3.8, 4) is 5.75 Å². The summed E-state index contributed by atoms with van der Waals surface area (Å²) in [6.45, 7) is 0.547. The highest BCUT2D eigenvalue weighted by Crippen LogP contribution is 2.27. The van der Waals surface area contributed by atoms with Gasteiger partial charge in [0.1, 0.15) is 11.4 Å². The summed E-state index contributed by atoms with van der Waals surface area (Å²) in [5.74, 6) is 0.696. The molecule has 20 heavy (non-hydrogen) atoms. The normalized spacial score (nSPS) is 14.2. The molecule has 0 unspecified atom stereocenters. The largest absolute Gasteiger partial charge is 0.490 e. The molecular formula is C15H16N2O2S. The van der Waals surface area contributed by atoms with E-state index in [2.05, 4.69) is 4.98 Å². The van der Waals surface area contributed by atoms with Crippen molar-refractivity contribution < 1.29 is 9.53 Å². The summed E-state index contributed by atoms with van der Waals surface area (Å²) < 4.78 is 5.71. The number of hydrogen-bond donors (Lipinski definition) is 1. The lowest BCUT2D eigenvalue weighted by molar-refractivity contribution is 0.103. The number of ether oxygens (including phenoxy) is 1. The molecule has 3 rings (SSSR count). The van der Waals surface area contributed by atoms with E-state index in [-0.39, 0.29) is 5.78 Å². The fourth-order valence-electron chi connectivity index (χ4n) is 1.89. The number of nitrogens with zero attached hydrogens (tertiary/aromatic N) is 1. The Morgan fingerprint density at radius 2 is 2.30 bits per heavy atom. The first-order valence-electron chi connectivity index (χ1n) is 6.72. The number of aromatic nitrogens is 1. The van der Waals surface area contributed by atoms with Crippen LogP contribution in [0.15, 0.2) is 29.6 Å². The number of thiazole rings is 1. The molecule has 2 N–H and O–H groups in total. The molecule has 0 bridgehead atoms. The molecule has 1 fully saturated rings. The van der Waals surface area contributed by atoms with Gasteiger partial charge in [-0.15, -0.1) is 11.3 Å². The molecule has 1 aromatic heterocycles. The zero-order chi connectivity index (χ0) is 13.9. The van der Waals surface area contributed by atoms with Gasteiger partial charge in [0.05, 0.1) is 11.1 Å². The second kappa shape index (κ2) is 5.73. The number of carbonyl (C=O) groups is 1. The number of nitrogens with two attached hydrogens (primary N) is 1. The second-order valence-electron chi connectivity index (χ2n) is 4.84. The molecule has 1 heterocycles. The molecule has 0 amide bonds.